The first kappa shape index (κ1) is 15.9. The Kier molecular flexibility index (Phi) is 4.24. The van der Waals surface area contributed by atoms with Gasteiger partial charge in [-0.15, -0.1) is 11.3 Å². The fourth-order valence-electron chi connectivity index (χ4n) is 3.28. The van der Waals surface area contributed by atoms with Crippen molar-refractivity contribution < 1.29 is 0 Å². The summed E-state index contributed by atoms with van der Waals surface area (Å²) >= 11 is 1.67. The second-order valence-corrected chi connectivity index (χ2v) is 6.95. The van der Waals surface area contributed by atoms with E-state index in [1.807, 2.05) is 24.3 Å². The van der Waals surface area contributed by atoms with Gasteiger partial charge < -0.3 is 9.80 Å². The summed E-state index contributed by atoms with van der Waals surface area (Å²) in [4.78, 5) is 15.1. The van der Waals surface area contributed by atoms with Crippen molar-refractivity contribution in [3.05, 3.63) is 47.1 Å². The molecule has 4 rings (SSSR count). The minimum Gasteiger partial charge on any atom is -0.367 e. The topological polar surface area (TPSA) is 56.1 Å². The van der Waals surface area contributed by atoms with Crippen LogP contribution in [0.2, 0.25) is 0 Å². The zero-order valence-corrected chi connectivity index (χ0v) is 15.0. The number of nitriles is 1. The van der Waals surface area contributed by atoms with Crippen LogP contribution in [0.3, 0.4) is 0 Å². The summed E-state index contributed by atoms with van der Waals surface area (Å²) in [6.07, 6.45) is 0.844. The number of aryl methyl sites for hydroxylation is 1. The molecule has 1 saturated heterocycles. The normalized spacial score (nSPS) is 14.7. The van der Waals surface area contributed by atoms with Crippen LogP contribution in [-0.4, -0.2) is 36.1 Å². The number of piperazine rings is 1. The lowest BCUT2D eigenvalue weighted by Gasteiger charge is -2.37. The van der Waals surface area contributed by atoms with Crippen molar-refractivity contribution in [3.63, 3.8) is 0 Å². The molecule has 1 aromatic carbocycles. The molecule has 0 amide bonds. The molecule has 0 saturated carbocycles. The molecule has 25 heavy (non-hydrogen) atoms. The Labute approximate surface area is 151 Å². The average Bonchev–Trinajstić information content (AvgIpc) is 3.16. The smallest absolute Gasteiger partial charge is 0.141 e. The van der Waals surface area contributed by atoms with Crippen LogP contribution in [0.5, 0.6) is 0 Å². The van der Waals surface area contributed by atoms with Gasteiger partial charge >= 0.3 is 0 Å². The van der Waals surface area contributed by atoms with Crippen molar-refractivity contribution in [1.82, 2.24) is 9.97 Å². The number of benzene rings is 1. The van der Waals surface area contributed by atoms with Crippen LogP contribution in [0.4, 0.5) is 11.5 Å². The molecular formula is C19H19N5S. The molecule has 0 spiro atoms. The SMILES string of the molecule is CCc1nc(N2CCN(c3ccccc3C#N)CC2)c2ccsc2n1. The number of fused-ring (bicyclic) bond motifs is 1. The predicted molar refractivity (Wildman–Crippen MR) is 102 cm³/mol. The lowest BCUT2D eigenvalue weighted by molar-refractivity contribution is 0.647. The first-order valence-electron chi connectivity index (χ1n) is 8.53. The van der Waals surface area contributed by atoms with Crippen LogP contribution in [0.1, 0.15) is 18.3 Å². The second kappa shape index (κ2) is 6.69. The molecule has 0 N–H and O–H groups in total. The predicted octanol–water partition coefficient (Wildman–Crippen LogP) is 3.45. The summed E-state index contributed by atoms with van der Waals surface area (Å²) in [6, 6.07) is 12.2. The van der Waals surface area contributed by atoms with E-state index in [-0.39, 0.29) is 0 Å². The average molecular weight is 349 g/mol. The van der Waals surface area contributed by atoms with Crippen molar-refractivity contribution in [2.45, 2.75) is 13.3 Å². The zero-order chi connectivity index (χ0) is 17.2. The van der Waals surface area contributed by atoms with Gasteiger partial charge in [-0.2, -0.15) is 5.26 Å². The lowest BCUT2D eigenvalue weighted by atomic mass is 10.1. The largest absolute Gasteiger partial charge is 0.367 e. The molecule has 2 aromatic heterocycles. The number of thiophene rings is 1. The van der Waals surface area contributed by atoms with Crippen LogP contribution in [0.25, 0.3) is 10.2 Å². The molecule has 1 aliphatic rings. The highest BCUT2D eigenvalue weighted by atomic mass is 32.1. The van der Waals surface area contributed by atoms with Gasteiger partial charge in [0.15, 0.2) is 0 Å². The summed E-state index contributed by atoms with van der Waals surface area (Å²) < 4.78 is 0. The number of para-hydroxylation sites is 1. The zero-order valence-electron chi connectivity index (χ0n) is 14.1. The molecule has 0 aliphatic carbocycles. The van der Waals surface area contributed by atoms with E-state index in [1.165, 1.54) is 0 Å². The molecular weight excluding hydrogens is 330 g/mol. The van der Waals surface area contributed by atoms with Gasteiger partial charge in [0.1, 0.15) is 22.5 Å². The molecule has 1 fully saturated rings. The molecule has 1 aliphatic heterocycles. The van der Waals surface area contributed by atoms with E-state index in [1.54, 1.807) is 11.3 Å². The quantitative estimate of drug-likeness (QED) is 0.725. The minimum atomic E-state index is 0.742. The van der Waals surface area contributed by atoms with E-state index in [2.05, 4.69) is 39.2 Å². The Bertz CT molecular complexity index is 934. The monoisotopic (exact) mass is 349 g/mol. The Morgan fingerprint density at radius 1 is 1.08 bits per heavy atom. The number of aromatic nitrogens is 2. The minimum absolute atomic E-state index is 0.742. The summed E-state index contributed by atoms with van der Waals surface area (Å²) in [5.41, 5.74) is 1.77. The van der Waals surface area contributed by atoms with Crippen LogP contribution in [-0.2, 0) is 6.42 Å². The van der Waals surface area contributed by atoms with Gasteiger partial charge in [0.2, 0.25) is 0 Å². The van der Waals surface area contributed by atoms with Crippen molar-refractivity contribution in [2.75, 3.05) is 36.0 Å². The Morgan fingerprint density at radius 2 is 1.84 bits per heavy atom. The van der Waals surface area contributed by atoms with E-state index in [4.69, 9.17) is 4.98 Å². The van der Waals surface area contributed by atoms with Crippen LogP contribution in [0.15, 0.2) is 35.7 Å². The highest BCUT2D eigenvalue weighted by Crippen LogP contribution is 2.29. The summed E-state index contributed by atoms with van der Waals surface area (Å²) in [5.74, 6) is 1.96. The van der Waals surface area contributed by atoms with Crippen LogP contribution < -0.4 is 9.80 Å². The second-order valence-electron chi connectivity index (χ2n) is 6.06. The molecule has 0 radical (unpaired) electrons. The molecule has 0 atom stereocenters. The number of hydrogen-bond donors (Lipinski definition) is 0. The van der Waals surface area contributed by atoms with Gasteiger partial charge in [0, 0.05) is 32.6 Å². The standard InChI is InChI=1S/C19H19N5S/c1-2-17-21-18(15-7-12-25-19(15)22-17)24-10-8-23(9-11-24)16-6-4-3-5-14(16)13-20/h3-7,12H,2,8-11H2,1H3. The van der Waals surface area contributed by atoms with Crippen molar-refractivity contribution >= 4 is 33.1 Å². The first-order chi connectivity index (χ1) is 12.3. The molecule has 5 nitrogen and oxygen atoms in total. The summed E-state index contributed by atoms with van der Waals surface area (Å²) in [6.45, 7) is 5.65. The van der Waals surface area contributed by atoms with Crippen molar-refractivity contribution in [1.29, 1.82) is 5.26 Å². The molecule has 0 unspecified atom stereocenters. The molecule has 126 valence electrons. The van der Waals surface area contributed by atoms with Crippen molar-refractivity contribution in [2.24, 2.45) is 0 Å². The third kappa shape index (κ3) is 2.92. The van der Waals surface area contributed by atoms with E-state index >= 15 is 0 Å². The summed E-state index contributed by atoms with van der Waals surface area (Å²) in [5, 5.41) is 12.6. The molecule has 6 heteroatoms. The molecule has 3 heterocycles. The van der Waals surface area contributed by atoms with Gasteiger partial charge in [0.25, 0.3) is 0 Å². The Balaban J connectivity index is 1.58. The van der Waals surface area contributed by atoms with Gasteiger partial charge in [-0.3, -0.25) is 0 Å². The van der Waals surface area contributed by atoms with Gasteiger partial charge in [-0.05, 0) is 23.6 Å². The summed E-state index contributed by atoms with van der Waals surface area (Å²) in [7, 11) is 0. The maximum absolute atomic E-state index is 9.33. The fraction of sp³-hybridized carbons (Fsp3) is 0.316. The highest BCUT2D eigenvalue weighted by molar-refractivity contribution is 7.16. The van der Waals surface area contributed by atoms with E-state index in [0.717, 1.165) is 65.7 Å². The Hall–Kier alpha value is -2.65. The third-order valence-electron chi connectivity index (χ3n) is 4.61. The van der Waals surface area contributed by atoms with Crippen molar-refractivity contribution in [3.8, 4) is 6.07 Å². The molecule has 3 aromatic rings. The first-order valence-corrected chi connectivity index (χ1v) is 9.41. The van der Waals surface area contributed by atoms with Gasteiger partial charge in [-0.1, -0.05) is 19.1 Å². The van der Waals surface area contributed by atoms with Gasteiger partial charge in [-0.25, -0.2) is 9.97 Å². The number of hydrogen-bond acceptors (Lipinski definition) is 6. The number of nitrogens with zero attached hydrogens (tertiary/aromatic N) is 5. The van der Waals surface area contributed by atoms with E-state index in [9.17, 15) is 5.26 Å². The van der Waals surface area contributed by atoms with Crippen LogP contribution >= 0.6 is 11.3 Å². The van der Waals surface area contributed by atoms with E-state index in [0.29, 0.717) is 0 Å². The maximum Gasteiger partial charge on any atom is 0.141 e. The fourth-order valence-corrected chi connectivity index (χ4v) is 4.06. The highest BCUT2D eigenvalue weighted by Gasteiger charge is 2.22. The van der Waals surface area contributed by atoms with Crippen LogP contribution in [0, 0.1) is 11.3 Å². The maximum atomic E-state index is 9.33. The van der Waals surface area contributed by atoms with E-state index < -0.39 is 0 Å². The third-order valence-corrected chi connectivity index (χ3v) is 5.42. The number of anilines is 2. The van der Waals surface area contributed by atoms with Gasteiger partial charge in [0.05, 0.1) is 16.6 Å². The number of rotatable bonds is 3. The molecule has 0 bridgehead atoms. The lowest BCUT2D eigenvalue weighted by Crippen LogP contribution is -2.47. The Morgan fingerprint density at radius 3 is 2.60 bits per heavy atom.